The molecule has 0 aromatic heterocycles. The van der Waals surface area contributed by atoms with E-state index in [0.717, 1.165) is 12.8 Å². The fraction of sp³-hybridized carbons (Fsp3) is 0.824. The van der Waals surface area contributed by atoms with Gasteiger partial charge in [0.15, 0.2) is 0 Å². The van der Waals surface area contributed by atoms with Crippen LogP contribution < -0.4 is 5.73 Å². The molecule has 1 amide bonds. The number of rotatable bonds is 14. The molecule has 0 aliphatic rings. The minimum Gasteiger partial charge on any atom is -0.366 e. The number of unbranched alkanes of at least 4 members (excludes halogenated alkanes) is 11. The number of amides is 1. The molecule has 0 fully saturated rings. The van der Waals surface area contributed by atoms with E-state index in [4.69, 9.17) is 5.73 Å². The van der Waals surface area contributed by atoms with Crippen molar-refractivity contribution in [2.24, 2.45) is 5.73 Å². The number of primary amides is 1. The largest absolute Gasteiger partial charge is 0.366 e. The Morgan fingerprint density at radius 3 is 1.53 bits per heavy atom. The summed E-state index contributed by atoms with van der Waals surface area (Å²) in [4.78, 5) is 10.8. The van der Waals surface area contributed by atoms with E-state index in [0.29, 0.717) is 5.57 Å². The fourth-order valence-electron chi connectivity index (χ4n) is 2.30. The van der Waals surface area contributed by atoms with Gasteiger partial charge in [-0.15, -0.1) is 0 Å². The van der Waals surface area contributed by atoms with Crippen molar-refractivity contribution in [3.8, 4) is 0 Å². The Hall–Kier alpha value is -0.790. The van der Waals surface area contributed by atoms with Crippen molar-refractivity contribution in [1.29, 1.82) is 0 Å². The summed E-state index contributed by atoms with van der Waals surface area (Å²) in [6.45, 7) is 5.93. The summed E-state index contributed by atoms with van der Waals surface area (Å²) in [6, 6.07) is 0. The molecule has 0 saturated carbocycles. The quantitative estimate of drug-likeness (QED) is 0.344. The topological polar surface area (TPSA) is 43.1 Å². The summed E-state index contributed by atoms with van der Waals surface area (Å²) >= 11 is 0. The summed E-state index contributed by atoms with van der Waals surface area (Å²) < 4.78 is 0. The second kappa shape index (κ2) is 13.6. The Kier molecular flexibility index (Phi) is 13.1. The molecule has 0 radical (unpaired) electrons. The van der Waals surface area contributed by atoms with Crippen LogP contribution in [-0.4, -0.2) is 5.91 Å². The van der Waals surface area contributed by atoms with Gasteiger partial charge in [-0.25, -0.2) is 0 Å². The predicted molar refractivity (Wildman–Crippen MR) is 84.0 cm³/mol. The summed E-state index contributed by atoms with van der Waals surface area (Å²) in [7, 11) is 0. The second-order valence-corrected chi connectivity index (χ2v) is 5.61. The molecule has 0 aromatic rings. The molecular formula is C17H33NO. The van der Waals surface area contributed by atoms with Gasteiger partial charge in [-0.1, -0.05) is 84.1 Å². The molecule has 2 nitrogen and oxygen atoms in total. The maximum Gasteiger partial charge on any atom is 0.244 e. The zero-order valence-corrected chi connectivity index (χ0v) is 12.9. The van der Waals surface area contributed by atoms with Crippen LogP contribution in [0.5, 0.6) is 0 Å². The Morgan fingerprint density at radius 1 is 0.789 bits per heavy atom. The minimum absolute atomic E-state index is 0.344. The van der Waals surface area contributed by atoms with Crippen LogP contribution in [0.25, 0.3) is 0 Å². The van der Waals surface area contributed by atoms with Crippen LogP contribution in [0.15, 0.2) is 12.2 Å². The lowest BCUT2D eigenvalue weighted by Gasteiger charge is -2.03. The SMILES string of the molecule is C=C(CCCCCCCCCCCCCC)C(N)=O. The van der Waals surface area contributed by atoms with Crippen LogP contribution in [0.4, 0.5) is 0 Å². The van der Waals surface area contributed by atoms with E-state index in [1.54, 1.807) is 0 Å². The normalized spacial score (nSPS) is 10.6. The molecule has 19 heavy (non-hydrogen) atoms. The van der Waals surface area contributed by atoms with Gasteiger partial charge in [0.1, 0.15) is 0 Å². The van der Waals surface area contributed by atoms with Crippen molar-refractivity contribution >= 4 is 5.91 Å². The molecular weight excluding hydrogens is 234 g/mol. The molecule has 0 aliphatic heterocycles. The highest BCUT2D eigenvalue weighted by molar-refractivity contribution is 5.91. The third-order valence-electron chi connectivity index (χ3n) is 3.68. The monoisotopic (exact) mass is 267 g/mol. The number of hydrogen-bond donors (Lipinski definition) is 1. The van der Waals surface area contributed by atoms with E-state index < -0.39 is 0 Å². The number of carbonyl (C=O) groups is 1. The molecule has 112 valence electrons. The first-order valence-electron chi connectivity index (χ1n) is 8.16. The van der Waals surface area contributed by atoms with E-state index in [9.17, 15) is 4.79 Å². The third kappa shape index (κ3) is 13.4. The van der Waals surface area contributed by atoms with Crippen LogP contribution in [0, 0.1) is 0 Å². The van der Waals surface area contributed by atoms with Gasteiger partial charge in [0.05, 0.1) is 0 Å². The smallest absolute Gasteiger partial charge is 0.244 e. The molecule has 0 bridgehead atoms. The van der Waals surface area contributed by atoms with Crippen molar-refractivity contribution in [2.75, 3.05) is 0 Å². The van der Waals surface area contributed by atoms with E-state index >= 15 is 0 Å². The van der Waals surface area contributed by atoms with Gasteiger partial charge in [0.2, 0.25) is 5.91 Å². The molecule has 2 heteroatoms. The minimum atomic E-state index is -0.344. The molecule has 0 rings (SSSR count). The lowest BCUT2D eigenvalue weighted by Crippen LogP contribution is -2.12. The Bertz CT molecular complexity index is 235. The van der Waals surface area contributed by atoms with E-state index in [1.165, 1.54) is 70.6 Å². The van der Waals surface area contributed by atoms with Crippen molar-refractivity contribution in [2.45, 2.75) is 90.4 Å². The van der Waals surface area contributed by atoms with E-state index in [1.807, 2.05) is 0 Å². The van der Waals surface area contributed by atoms with Crippen LogP contribution >= 0.6 is 0 Å². The molecule has 0 spiro atoms. The van der Waals surface area contributed by atoms with Crippen molar-refractivity contribution in [3.63, 3.8) is 0 Å². The van der Waals surface area contributed by atoms with Crippen LogP contribution in [0.1, 0.15) is 90.4 Å². The fourth-order valence-corrected chi connectivity index (χ4v) is 2.30. The first kappa shape index (κ1) is 18.2. The van der Waals surface area contributed by atoms with E-state index in [-0.39, 0.29) is 5.91 Å². The van der Waals surface area contributed by atoms with Gasteiger partial charge in [0, 0.05) is 5.57 Å². The predicted octanol–water partition coefficient (Wildman–Crippen LogP) is 5.12. The number of carbonyl (C=O) groups excluding carboxylic acids is 1. The van der Waals surface area contributed by atoms with Gasteiger partial charge in [-0.2, -0.15) is 0 Å². The van der Waals surface area contributed by atoms with Gasteiger partial charge in [-0.3, -0.25) is 4.79 Å². The molecule has 0 atom stereocenters. The van der Waals surface area contributed by atoms with Gasteiger partial charge in [0.25, 0.3) is 0 Å². The van der Waals surface area contributed by atoms with Gasteiger partial charge < -0.3 is 5.73 Å². The molecule has 2 N–H and O–H groups in total. The Balaban J connectivity index is 3.07. The number of hydrogen-bond acceptors (Lipinski definition) is 1. The Morgan fingerprint density at radius 2 is 1.16 bits per heavy atom. The first-order chi connectivity index (χ1) is 9.18. The summed E-state index contributed by atoms with van der Waals surface area (Å²) in [5, 5.41) is 0. The molecule has 0 aromatic carbocycles. The molecule has 0 unspecified atom stereocenters. The van der Waals surface area contributed by atoms with Gasteiger partial charge in [-0.05, 0) is 12.8 Å². The highest BCUT2D eigenvalue weighted by Crippen LogP contribution is 2.13. The lowest BCUT2D eigenvalue weighted by atomic mass is 10.0. The second-order valence-electron chi connectivity index (χ2n) is 5.61. The third-order valence-corrected chi connectivity index (χ3v) is 3.68. The lowest BCUT2D eigenvalue weighted by molar-refractivity contribution is -0.114. The zero-order chi connectivity index (χ0) is 14.3. The summed E-state index contributed by atoms with van der Waals surface area (Å²) in [5.41, 5.74) is 5.71. The molecule has 0 heterocycles. The zero-order valence-electron chi connectivity index (χ0n) is 12.9. The maximum atomic E-state index is 10.8. The standard InChI is InChI=1S/C17H33NO/c1-3-4-5-6-7-8-9-10-11-12-13-14-15-16(2)17(18)19/h2-15H2,1H3,(H2,18,19). The van der Waals surface area contributed by atoms with Crippen LogP contribution in [-0.2, 0) is 4.79 Å². The van der Waals surface area contributed by atoms with Gasteiger partial charge >= 0.3 is 0 Å². The van der Waals surface area contributed by atoms with Crippen LogP contribution in [0.2, 0.25) is 0 Å². The maximum absolute atomic E-state index is 10.8. The van der Waals surface area contributed by atoms with Crippen molar-refractivity contribution < 1.29 is 4.79 Å². The van der Waals surface area contributed by atoms with E-state index in [2.05, 4.69) is 13.5 Å². The Labute approximate surface area is 119 Å². The van der Waals surface area contributed by atoms with Crippen molar-refractivity contribution in [3.05, 3.63) is 12.2 Å². The summed E-state index contributed by atoms with van der Waals surface area (Å²) in [5.74, 6) is -0.344. The molecule has 0 aliphatic carbocycles. The average Bonchev–Trinajstić information content (AvgIpc) is 2.39. The molecule has 0 saturated heterocycles. The van der Waals surface area contributed by atoms with Crippen LogP contribution in [0.3, 0.4) is 0 Å². The summed E-state index contributed by atoms with van der Waals surface area (Å²) in [6.07, 6.45) is 16.8. The highest BCUT2D eigenvalue weighted by atomic mass is 16.1. The average molecular weight is 267 g/mol. The highest BCUT2D eigenvalue weighted by Gasteiger charge is 2.00. The first-order valence-corrected chi connectivity index (χ1v) is 8.16. The van der Waals surface area contributed by atoms with Crippen molar-refractivity contribution in [1.82, 2.24) is 0 Å². The number of nitrogens with two attached hydrogens (primary N) is 1.